The minimum absolute atomic E-state index is 0.0964. The normalized spacial score (nSPS) is 14.8. The molecule has 148 valence electrons. The number of benzene rings is 1. The van der Waals surface area contributed by atoms with Crippen LogP contribution >= 0.6 is 11.3 Å². The van der Waals surface area contributed by atoms with Crippen molar-refractivity contribution in [1.82, 2.24) is 15.3 Å². The number of halogens is 1. The van der Waals surface area contributed by atoms with Crippen molar-refractivity contribution in [3.05, 3.63) is 52.1 Å². The van der Waals surface area contributed by atoms with Gasteiger partial charge in [-0.15, -0.1) is 11.3 Å². The van der Waals surface area contributed by atoms with Gasteiger partial charge in [-0.3, -0.25) is 29.6 Å². The number of nitrogens with one attached hydrogen (secondary N) is 1. The van der Waals surface area contributed by atoms with Crippen LogP contribution in [0.15, 0.2) is 36.1 Å². The topological polar surface area (TPSA) is 92.3 Å². The van der Waals surface area contributed by atoms with E-state index in [0.29, 0.717) is 45.4 Å². The van der Waals surface area contributed by atoms with Gasteiger partial charge in [-0.25, -0.2) is 9.37 Å². The summed E-state index contributed by atoms with van der Waals surface area (Å²) in [6, 6.07) is 4.89. The summed E-state index contributed by atoms with van der Waals surface area (Å²) in [6.45, 7) is 1.81. The summed E-state index contributed by atoms with van der Waals surface area (Å²) >= 11 is 1.22. The molecule has 0 spiro atoms. The van der Waals surface area contributed by atoms with Crippen LogP contribution in [0, 0.1) is 0 Å². The van der Waals surface area contributed by atoms with Crippen LogP contribution in [-0.2, 0) is 9.59 Å². The van der Waals surface area contributed by atoms with E-state index in [-0.39, 0.29) is 18.4 Å². The molecule has 1 N–H and O–H groups in total. The van der Waals surface area contributed by atoms with Crippen molar-refractivity contribution >= 4 is 46.2 Å². The van der Waals surface area contributed by atoms with Crippen LogP contribution in [0.3, 0.4) is 0 Å². The Morgan fingerprint density at radius 3 is 2.93 bits per heavy atom. The predicted octanol–water partition coefficient (Wildman–Crippen LogP) is 3.15. The average molecular weight is 412 g/mol. The van der Waals surface area contributed by atoms with Crippen molar-refractivity contribution < 1.29 is 18.8 Å². The molecule has 0 radical (unpaired) electrons. The second kappa shape index (κ2) is 7.67. The predicted molar refractivity (Wildman–Crippen MR) is 107 cm³/mol. The van der Waals surface area contributed by atoms with Crippen molar-refractivity contribution in [3.8, 4) is 0 Å². The first-order valence-electron chi connectivity index (χ1n) is 9.03. The van der Waals surface area contributed by atoms with E-state index in [1.165, 1.54) is 28.6 Å². The van der Waals surface area contributed by atoms with Crippen LogP contribution in [0.5, 0.6) is 0 Å². The van der Waals surface area contributed by atoms with Crippen LogP contribution in [0.2, 0.25) is 0 Å². The molecular formula is C20H17FN4O3S. The quantitative estimate of drug-likeness (QED) is 0.602. The Hall–Kier alpha value is -3.20. The van der Waals surface area contributed by atoms with Gasteiger partial charge in [-0.1, -0.05) is 12.1 Å². The lowest BCUT2D eigenvalue weighted by Crippen LogP contribution is -2.37. The Morgan fingerprint density at radius 2 is 2.21 bits per heavy atom. The average Bonchev–Trinajstić information content (AvgIpc) is 3.35. The summed E-state index contributed by atoms with van der Waals surface area (Å²) in [5.41, 5.74) is 2.43. The van der Waals surface area contributed by atoms with Gasteiger partial charge >= 0.3 is 0 Å². The summed E-state index contributed by atoms with van der Waals surface area (Å²) < 4.78 is 15.1. The van der Waals surface area contributed by atoms with Crippen LogP contribution in [-0.4, -0.2) is 34.2 Å². The van der Waals surface area contributed by atoms with E-state index >= 15 is 4.39 Å². The van der Waals surface area contributed by atoms with Crippen molar-refractivity contribution in [3.63, 3.8) is 0 Å². The number of amides is 3. The molecule has 0 bridgehead atoms. The van der Waals surface area contributed by atoms with Gasteiger partial charge in [0.1, 0.15) is 5.82 Å². The third kappa shape index (κ3) is 3.27. The molecule has 0 aliphatic carbocycles. The SMILES string of the molecule is CC(CCC(=O)NC=O)N1C(=O)c2cccc3c(C(F)c4cncs4)cnc1c23. The highest BCUT2D eigenvalue weighted by Crippen LogP contribution is 2.42. The first-order valence-corrected chi connectivity index (χ1v) is 9.91. The van der Waals surface area contributed by atoms with Gasteiger partial charge in [0, 0.05) is 35.8 Å². The van der Waals surface area contributed by atoms with Gasteiger partial charge in [0.05, 0.1) is 16.0 Å². The van der Waals surface area contributed by atoms with Crippen LogP contribution < -0.4 is 10.2 Å². The fourth-order valence-electron chi connectivity index (χ4n) is 3.61. The maximum absolute atomic E-state index is 15.1. The number of alkyl halides is 1. The van der Waals surface area contributed by atoms with Crippen molar-refractivity contribution in [2.24, 2.45) is 0 Å². The molecule has 3 amide bonds. The number of anilines is 1. The number of carbonyl (C=O) groups excluding carboxylic acids is 3. The summed E-state index contributed by atoms with van der Waals surface area (Å²) in [6.07, 6.45) is 2.36. The molecule has 4 rings (SSSR count). The van der Waals surface area contributed by atoms with E-state index < -0.39 is 12.1 Å². The summed E-state index contributed by atoms with van der Waals surface area (Å²) in [5.74, 6) is -0.176. The van der Waals surface area contributed by atoms with Gasteiger partial charge in [0.25, 0.3) is 5.91 Å². The van der Waals surface area contributed by atoms with Gasteiger partial charge < -0.3 is 0 Å². The maximum Gasteiger partial charge on any atom is 0.260 e. The lowest BCUT2D eigenvalue weighted by molar-refractivity contribution is -0.125. The van der Waals surface area contributed by atoms with Crippen LogP contribution in [0.25, 0.3) is 10.8 Å². The van der Waals surface area contributed by atoms with Crippen LogP contribution in [0.1, 0.15) is 46.7 Å². The van der Waals surface area contributed by atoms with E-state index in [1.807, 2.05) is 6.92 Å². The number of imide groups is 1. The fourth-order valence-corrected chi connectivity index (χ4v) is 4.22. The molecule has 1 aliphatic heterocycles. The standard InChI is InChI=1S/C20H17FN4O3S/c1-11(5-6-16(27)24-9-26)25-19-17-12(3-2-4-13(17)20(25)28)14(7-23-19)18(21)15-8-22-10-29-15/h2-4,7-11,18H,5-6H2,1H3,(H,24,26,27). The van der Waals surface area contributed by atoms with Gasteiger partial charge in [0.2, 0.25) is 12.3 Å². The highest BCUT2D eigenvalue weighted by atomic mass is 32.1. The molecule has 0 saturated carbocycles. The fraction of sp³-hybridized carbons (Fsp3) is 0.250. The third-order valence-corrected chi connectivity index (χ3v) is 5.84. The number of thiazole rings is 1. The lowest BCUT2D eigenvalue weighted by atomic mass is 10.0. The number of aromatic nitrogens is 2. The molecule has 9 heteroatoms. The Bertz CT molecular complexity index is 1100. The molecule has 29 heavy (non-hydrogen) atoms. The van der Waals surface area contributed by atoms with Crippen molar-refractivity contribution in [1.29, 1.82) is 0 Å². The molecule has 0 saturated heterocycles. The molecule has 2 atom stereocenters. The van der Waals surface area contributed by atoms with E-state index in [9.17, 15) is 14.4 Å². The molecule has 0 fully saturated rings. The second-order valence-electron chi connectivity index (χ2n) is 6.78. The summed E-state index contributed by atoms with van der Waals surface area (Å²) in [5, 5.41) is 3.34. The highest BCUT2D eigenvalue weighted by Gasteiger charge is 2.35. The van der Waals surface area contributed by atoms with Crippen LogP contribution in [0.4, 0.5) is 10.2 Å². The zero-order valence-electron chi connectivity index (χ0n) is 15.5. The molecule has 3 aromatic rings. The largest absolute Gasteiger partial charge is 0.299 e. The molecule has 1 aliphatic rings. The third-order valence-electron chi connectivity index (χ3n) is 5.03. The molecule has 2 aromatic heterocycles. The number of hydrogen-bond donors (Lipinski definition) is 1. The second-order valence-corrected chi connectivity index (χ2v) is 7.70. The Balaban J connectivity index is 1.71. The van der Waals surface area contributed by atoms with Crippen molar-refractivity contribution in [2.75, 3.05) is 4.90 Å². The number of hydrogen-bond acceptors (Lipinski definition) is 6. The summed E-state index contributed by atoms with van der Waals surface area (Å²) in [7, 11) is 0. The van der Waals surface area contributed by atoms with Gasteiger partial charge in [0.15, 0.2) is 6.17 Å². The van der Waals surface area contributed by atoms with Crippen molar-refractivity contribution in [2.45, 2.75) is 32.0 Å². The molecular weight excluding hydrogens is 395 g/mol. The smallest absolute Gasteiger partial charge is 0.260 e. The van der Waals surface area contributed by atoms with E-state index in [1.54, 1.807) is 23.7 Å². The lowest BCUT2D eigenvalue weighted by Gasteiger charge is -2.24. The first kappa shape index (κ1) is 19.1. The van der Waals surface area contributed by atoms with E-state index in [2.05, 4.69) is 15.3 Å². The Labute approximate surface area is 169 Å². The minimum Gasteiger partial charge on any atom is -0.299 e. The zero-order valence-corrected chi connectivity index (χ0v) is 16.3. The monoisotopic (exact) mass is 412 g/mol. The number of rotatable bonds is 7. The van der Waals surface area contributed by atoms with E-state index in [0.717, 1.165) is 0 Å². The Morgan fingerprint density at radius 1 is 1.38 bits per heavy atom. The number of carbonyl (C=O) groups is 3. The highest BCUT2D eigenvalue weighted by molar-refractivity contribution is 7.09. The first-order chi connectivity index (χ1) is 14.0. The van der Waals surface area contributed by atoms with E-state index in [4.69, 9.17) is 0 Å². The molecule has 7 nitrogen and oxygen atoms in total. The molecule has 2 unspecified atom stereocenters. The maximum atomic E-state index is 15.1. The van der Waals surface area contributed by atoms with Gasteiger partial charge in [-0.2, -0.15) is 0 Å². The molecule has 3 heterocycles. The molecule has 1 aromatic carbocycles. The Kier molecular flexibility index (Phi) is 5.06. The zero-order chi connectivity index (χ0) is 20.5. The number of nitrogens with zero attached hydrogens (tertiary/aromatic N) is 3. The summed E-state index contributed by atoms with van der Waals surface area (Å²) in [4.78, 5) is 45.3. The minimum atomic E-state index is -1.38. The number of pyridine rings is 1. The van der Waals surface area contributed by atoms with Gasteiger partial charge in [-0.05, 0) is 24.8 Å².